The molecule has 0 saturated carbocycles. The number of amides is 1. The van der Waals surface area contributed by atoms with Gasteiger partial charge in [0.1, 0.15) is 0 Å². The van der Waals surface area contributed by atoms with E-state index in [0.717, 1.165) is 31.1 Å². The Morgan fingerprint density at radius 3 is 2.70 bits per heavy atom. The molecule has 1 aromatic carbocycles. The van der Waals surface area contributed by atoms with Crippen LogP contribution in [0.25, 0.3) is 0 Å². The second-order valence-corrected chi connectivity index (χ2v) is 8.40. The van der Waals surface area contributed by atoms with Gasteiger partial charge in [-0.2, -0.15) is 0 Å². The minimum atomic E-state index is 0.282. The van der Waals surface area contributed by atoms with Crippen molar-refractivity contribution in [2.24, 2.45) is 5.92 Å². The molecule has 0 radical (unpaired) electrons. The molecule has 122 valence electrons. The second-order valence-electron chi connectivity index (χ2n) is 7.31. The molecule has 2 bridgehead atoms. The van der Waals surface area contributed by atoms with Crippen LogP contribution >= 0.6 is 11.9 Å². The molecule has 0 unspecified atom stereocenters. The highest BCUT2D eigenvalue weighted by Crippen LogP contribution is 2.43. The monoisotopic (exact) mass is 329 g/mol. The molecule has 23 heavy (non-hydrogen) atoms. The lowest BCUT2D eigenvalue weighted by molar-refractivity contribution is -0.117. The van der Waals surface area contributed by atoms with Gasteiger partial charge in [-0.3, -0.25) is 4.79 Å². The Bertz CT molecular complexity index is 641. The Hall–Kier alpha value is -1.04. The van der Waals surface area contributed by atoms with E-state index in [1.165, 1.54) is 42.9 Å². The average Bonchev–Trinajstić information content (AvgIpc) is 3.21. The molecular formula is C18H23N3OS. The van der Waals surface area contributed by atoms with E-state index in [1.54, 1.807) is 0 Å². The molecule has 0 N–H and O–H groups in total. The molecular weight excluding hydrogens is 306 g/mol. The summed E-state index contributed by atoms with van der Waals surface area (Å²) in [4.78, 5) is 18.0. The van der Waals surface area contributed by atoms with Crippen molar-refractivity contribution in [2.45, 2.75) is 43.2 Å². The lowest BCUT2D eigenvalue weighted by Crippen LogP contribution is -2.55. The number of carbonyl (C=O) groups is 1. The predicted molar refractivity (Wildman–Crippen MR) is 92.4 cm³/mol. The van der Waals surface area contributed by atoms with Crippen LogP contribution in [0.5, 0.6) is 0 Å². The molecule has 5 heterocycles. The molecule has 0 aromatic heterocycles. The highest BCUT2D eigenvalue weighted by atomic mass is 32.2. The van der Waals surface area contributed by atoms with Crippen LogP contribution in [0, 0.1) is 5.92 Å². The molecule has 5 aliphatic heterocycles. The Morgan fingerprint density at radius 2 is 2.00 bits per heavy atom. The average molecular weight is 329 g/mol. The summed E-state index contributed by atoms with van der Waals surface area (Å²) in [5.41, 5.74) is 2.51. The first kappa shape index (κ1) is 14.3. The van der Waals surface area contributed by atoms with Gasteiger partial charge in [0.15, 0.2) is 0 Å². The number of benzene rings is 1. The van der Waals surface area contributed by atoms with Gasteiger partial charge in [0.25, 0.3) is 0 Å². The van der Waals surface area contributed by atoms with Crippen molar-refractivity contribution < 1.29 is 4.79 Å². The van der Waals surface area contributed by atoms with Gasteiger partial charge in [-0.25, -0.2) is 4.31 Å². The highest BCUT2D eigenvalue weighted by molar-refractivity contribution is 7.97. The maximum Gasteiger partial charge on any atom is 0.227 e. The van der Waals surface area contributed by atoms with Gasteiger partial charge in [0, 0.05) is 42.7 Å². The minimum Gasteiger partial charge on any atom is -0.312 e. The molecule has 4 saturated heterocycles. The van der Waals surface area contributed by atoms with Crippen LogP contribution in [0.4, 0.5) is 5.69 Å². The van der Waals surface area contributed by atoms with Gasteiger partial charge in [-0.1, -0.05) is 0 Å². The molecule has 4 fully saturated rings. The van der Waals surface area contributed by atoms with Gasteiger partial charge >= 0.3 is 0 Å². The fraction of sp³-hybridized carbons (Fsp3) is 0.611. The van der Waals surface area contributed by atoms with E-state index in [2.05, 4.69) is 27.4 Å². The Balaban J connectivity index is 1.36. The van der Waals surface area contributed by atoms with E-state index in [0.29, 0.717) is 12.5 Å². The van der Waals surface area contributed by atoms with Crippen LogP contribution in [-0.2, 0) is 11.3 Å². The van der Waals surface area contributed by atoms with E-state index in [1.807, 2.05) is 16.8 Å². The van der Waals surface area contributed by atoms with Gasteiger partial charge in [-0.15, -0.1) is 0 Å². The zero-order valence-electron chi connectivity index (χ0n) is 13.4. The van der Waals surface area contributed by atoms with Crippen molar-refractivity contribution in [3.05, 3.63) is 23.8 Å². The van der Waals surface area contributed by atoms with Gasteiger partial charge in [0.05, 0.1) is 0 Å². The van der Waals surface area contributed by atoms with Crippen molar-refractivity contribution in [1.29, 1.82) is 0 Å². The fourth-order valence-corrected chi connectivity index (χ4v) is 5.84. The van der Waals surface area contributed by atoms with Gasteiger partial charge in [-0.05, 0) is 74.0 Å². The van der Waals surface area contributed by atoms with E-state index >= 15 is 0 Å². The molecule has 0 aliphatic carbocycles. The number of carbonyl (C=O) groups excluding carboxylic acids is 1. The smallest absolute Gasteiger partial charge is 0.227 e. The number of rotatable bonds is 2. The summed E-state index contributed by atoms with van der Waals surface area (Å²) in [6, 6.07) is 7.32. The third-order valence-electron chi connectivity index (χ3n) is 5.96. The quantitative estimate of drug-likeness (QED) is 0.780. The molecule has 1 amide bonds. The van der Waals surface area contributed by atoms with Crippen molar-refractivity contribution in [3.63, 3.8) is 0 Å². The summed E-state index contributed by atoms with van der Waals surface area (Å²) in [7, 11) is 0. The molecule has 0 spiro atoms. The molecule has 1 aromatic rings. The van der Waals surface area contributed by atoms with Crippen LogP contribution in [0.15, 0.2) is 23.1 Å². The lowest BCUT2D eigenvalue weighted by atomic mass is 9.84. The van der Waals surface area contributed by atoms with Gasteiger partial charge < -0.3 is 9.80 Å². The summed E-state index contributed by atoms with van der Waals surface area (Å²) in [5, 5.41) is 0. The van der Waals surface area contributed by atoms with Crippen molar-refractivity contribution >= 4 is 23.5 Å². The molecule has 5 heteroatoms. The first-order valence-corrected chi connectivity index (χ1v) is 9.65. The normalized spacial score (nSPS) is 33.5. The second kappa shape index (κ2) is 5.50. The maximum atomic E-state index is 12.0. The Labute approximate surface area is 141 Å². The Morgan fingerprint density at radius 1 is 1.13 bits per heavy atom. The summed E-state index contributed by atoms with van der Waals surface area (Å²) < 4.78 is 2.61. The van der Waals surface area contributed by atoms with Crippen molar-refractivity contribution in [3.8, 4) is 0 Å². The summed E-state index contributed by atoms with van der Waals surface area (Å²) in [6.07, 6.45) is 4.44. The number of fused-ring (bicyclic) bond motifs is 4. The highest BCUT2D eigenvalue weighted by Gasteiger charge is 2.40. The summed E-state index contributed by atoms with van der Waals surface area (Å²) in [6.45, 7) is 5.75. The van der Waals surface area contributed by atoms with E-state index in [9.17, 15) is 4.79 Å². The van der Waals surface area contributed by atoms with E-state index in [4.69, 9.17) is 0 Å². The van der Waals surface area contributed by atoms with Crippen LogP contribution in [0.3, 0.4) is 0 Å². The van der Waals surface area contributed by atoms with E-state index < -0.39 is 0 Å². The summed E-state index contributed by atoms with van der Waals surface area (Å²) >= 11 is 1.94. The molecule has 4 nitrogen and oxygen atoms in total. The zero-order chi connectivity index (χ0) is 15.4. The first-order chi connectivity index (χ1) is 11.3. The predicted octanol–water partition coefficient (Wildman–Crippen LogP) is 2.73. The first-order valence-electron chi connectivity index (χ1n) is 8.88. The van der Waals surface area contributed by atoms with Crippen LogP contribution in [0.1, 0.15) is 31.2 Å². The summed E-state index contributed by atoms with van der Waals surface area (Å²) in [5.74, 6) is 1.16. The Kier molecular flexibility index (Phi) is 3.42. The standard InChI is InChI=1S/C18H23N3OS/c22-18-2-1-7-20(18)15-3-4-17-14(10-15)11-21(23-17)16-12-19-8-5-13(16)6-9-19/h3-4,10,13,16H,1-2,5-9,11-12H2/t16-/m1/s1. The fourth-order valence-electron chi connectivity index (χ4n) is 4.64. The number of nitrogens with zero attached hydrogens (tertiary/aromatic N) is 3. The van der Waals surface area contributed by atoms with Crippen molar-refractivity contribution in [2.75, 3.05) is 31.1 Å². The molecule has 6 rings (SSSR count). The van der Waals surface area contributed by atoms with Crippen LogP contribution < -0.4 is 4.90 Å². The minimum absolute atomic E-state index is 0.282. The van der Waals surface area contributed by atoms with E-state index in [-0.39, 0.29) is 5.91 Å². The maximum absolute atomic E-state index is 12.0. The topological polar surface area (TPSA) is 26.8 Å². The molecule has 1 atom stereocenters. The molecule has 5 aliphatic rings. The van der Waals surface area contributed by atoms with Crippen molar-refractivity contribution in [1.82, 2.24) is 9.21 Å². The zero-order valence-corrected chi connectivity index (χ0v) is 14.2. The largest absolute Gasteiger partial charge is 0.312 e. The SMILES string of the molecule is O=C1CCCN1c1ccc2c(c1)CN([C@@H]1CN3CCC1CC3)S2. The van der Waals surface area contributed by atoms with Crippen LogP contribution in [0.2, 0.25) is 0 Å². The van der Waals surface area contributed by atoms with Crippen LogP contribution in [-0.4, -0.2) is 47.3 Å². The number of hydrogen-bond acceptors (Lipinski definition) is 4. The number of piperidine rings is 3. The third kappa shape index (κ3) is 2.41. The number of hydrogen-bond donors (Lipinski definition) is 0. The van der Waals surface area contributed by atoms with Gasteiger partial charge in [0.2, 0.25) is 5.91 Å². The number of anilines is 1. The third-order valence-corrected chi connectivity index (χ3v) is 7.19. The lowest BCUT2D eigenvalue weighted by Gasteiger charge is -2.47.